The zero-order valence-corrected chi connectivity index (χ0v) is 13.8. The Hall–Kier alpha value is -2.20. The average molecular weight is 326 g/mol. The van der Waals surface area contributed by atoms with Crippen LogP contribution in [-0.2, 0) is 17.6 Å². The summed E-state index contributed by atoms with van der Waals surface area (Å²) in [6, 6.07) is 16.9. The minimum Gasteiger partial charge on any atom is -0.340 e. The molecule has 1 saturated heterocycles. The number of hydrogen-bond acceptors (Lipinski definition) is 2. The summed E-state index contributed by atoms with van der Waals surface area (Å²) in [5, 5.41) is 0. The summed E-state index contributed by atoms with van der Waals surface area (Å²) in [4.78, 5) is 16.4. The third-order valence-corrected chi connectivity index (χ3v) is 4.52. The summed E-state index contributed by atoms with van der Waals surface area (Å²) < 4.78 is 13.2. The highest BCUT2D eigenvalue weighted by Gasteiger charge is 2.23. The van der Waals surface area contributed by atoms with E-state index in [1.54, 1.807) is 12.1 Å². The number of halogens is 1. The highest BCUT2D eigenvalue weighted by molar-refractivity contribution is 5.79. The fourth-order valence-electron chi connectivity index (χ4n) is 3.07. The Balaban J connectivity index is 1.44. The maximum Gasteiger partial charge on any atom is 0.236 e. The molecule has 0 aliphatic carbocycles. The molecular weight excluding hydrogens is 303 g/mol. The normalized spacial score (nSPS) is 15.7. The second-order valence-electron chi connectivity index (χ2n) is 6.27. The van der Waals surface area contributed by atoms with Crippen LogP contribution in [0.15, 0.2) is 54.6 Å². The van der Waals surface area contributed by atoms with E-state index in [1.807, 2.05) is 29.2 Å². The molecule has 1 heterocycles. The van der Waals surface area contributed by atoms with E-state index in [-0.39, 0.29) is 11.7 Å². The van der Waals surface area contributed by atoms with Crippen LogP contribution >= 0.6 is 0 Å². The Labute approximate surface area is 142 Å². The first-order valence-electron chi connectivity index (χ1n) is 8.49. The molecule has 0 bridgehead atoms. The second-order valence-corrected chi connectivity index (χ2v) is 6.27. The van der Waals surface area contributed by atoms with E-state index in [2.05, 4.69) is 17.0 Å². The lowest BCUT2D eigenvalue weighted by Gasteiger charge is -2.34. The fourth-order valence-corrected chi connectivity index (χ4v) is 3.07. The molecule has 4 heteroatoms. The van der Waals surface area contributed by atoms with Gasteiger partial charge in [0.25, 0.3) is 0 Å². The maximum absolute atomic E-state index is 13.2. The number of carbonyl (C=O) groups excluding carboxylic acids is 1. The molecule has 0 spiro atoms. The van der Waals surface area contributed by atoms with Gasteiger partial charge >= 0.3 is 0 Å². The molecule has 1 aliphatic heterocycles. The monoisotopic (exact) mass is 326 g/mol. The predicted octanol–water partition coefficient (Wildman–Crippen LogP) is 2.76. The van der Waals surface area contributed by atoms with Crippen molar-refractivity contribution < 1.29 is 9.18 Å². The zero-order valence-electron chi connectivity index (χ0n) is 13.8. The topological polar surface area (TPSA) is 23.6 Å². The fraction of sp³-hybridized carbons (Fsp3) is 0.350. The first-order valence-corrected chi connectivity index (χ1v) is 8.49. The van der Waals surface area contributed by atoms with Gasteiger partial charge in [0.1, 0.15) is 5.82 Å². The molecule has 1 fully saturated rings. The number of piperazine rings is 1. The first-order chi connectivity index (χ1) is 11.7. The Morgan fingerprint density at radius 1 is 0.875 bits per heavy atom. The Bertz CT molecular complexity index is 674. The van der Waals surface area contributed by atoms with Crippen LogP contribution in [-0.4, -0.2) is 48.4 Å². The molecule has 126 valence electrons. The van der Waals surface area contributed by atoms with Crippen molar-refractivity contribution in [3.8, 4) is 0 Å². The summed E-state index contributed by atoms with van der Waals surface area (Å²) in [7, 11) is 0. The minimum atomic E-state index is -0.200. The van der Waals surface area contributed by atoms with Gasteiger partial charge in [-0.3, -0.25) is 9.69 Å². The second kappa shape index (κ2) is 8.06. The summed E-state index contributed by atoms with van der Waals surface area (Å²) in [6.07, 6.45) is 1.67. The van der Waals surface area contributed by atoms with Gasteiger partial charge in [0.05, 0.1) is 6.54 Å². The van der Waals surface area contributed by atoms with Gasteiger partial charge in [0.2, 0.25) is 5.91 Å². The highest BCUT2D eigenvalue weighted by atomic mass is 19.1. The summed E-state index contributed by atoms with van der Waals surface area (Å²) in [6.45, 7) is 3.69. The quantitative estimate of drug-likeness (QED) is 0.815. The van der Waals surface area contributed by atoms with Crippen LogP contribution in [0.3, 0.4) is 0 Å². The standard InChI is InChI=1S/C20H23FN2O/c21-19-8-4-7-18(15-19)9-11-22-13-14-23(20(24)16-22)12-10-17-5-2-1-3-6-17/h1-8,15H,9-14,16H2. The minimum absolute atomic E-state index is 0.191. The zero-order chi connectivity index (χ0) is 16.8. The molecule has 0 N–H and O–H groups in total. The van der Waals surface area contributed by atoms with Crippen molar-refractivity contribution in [1.29, 1.82) is 0 Å². The largest absolute Gasteiger partial charge is 0.340 e. The average Bonchev–Trinajstić information content (AvgIpc) is 2.60. The van der Waals surface area contributed by atoms with Gasteiger partial charge in [0, 0.05) is 26.2 Å². The van der Waals surface area contributed by atoms with Gasteiger partial charge in [-0.2, -0.15) is 0 Å². The van der Waals surface area contributed by atoms with Crippen molar-refractivity contribution in [1.82, 2.24) is 9.80 Å². The molecule has 0 atom stereocenters. The molecule has 24 heavy (non-hydrogen) atoms. The van der Waals surface area contributed by atoms with E-state index in [0.29, 0.717) is 6.54 Å². The van der Waals surface area contributed by atoms with Crippen LogP contribution in [0, 0.1) is 5.82 Å². The van der Waals surface area contributed by atoms with Gasteiger partial charge in [0.15, 0.2) is 0 Å². The molecule has 3 nitrogen and oxygen atoms in total. The van der Waals surface area contributed by atoms with Gasteiger partial charge in [-0.05, 0) is 36.1 Å². The molecule has 0 saturated carbocycles. The molecule has 2 aromatic carbocycles. The third kappa shape index (κ3) is 4.65. The van der Waals surface area contributed by atoms with Crippen molar-refractivity contribution >= 4 is 5.91 Å². The highest BCUT2D eigenvalue weighted by Crippen LogP contribution is 2.09. The van der Waals surface area contributed by atoms with E-state index in [1.165, 1.54) is 11.6 Å². The number of hydrogen-bond donors (Lipinski definition) is 0. The first kappa shape index (κ1) is 16.7. The molecule has 0 aromatic heterocycles. The van der Waals surface area contributed by atoms with Crippen LogP contribution in [0.2, 0.25) is 0 Å². The van der Waals surface area contributed by atoms with Crippen LogP contribution in [0.5, 0.6) is 0 Å². The van der Waals surface area contributed by atoms with Gasteiger partial charge in [-0.1, -0.05) is 42.5 Å². The van der Waals surface area contributed by atoms with Crippen molar-refractivity contribution in [2.45, 2.75) is 12.8 Å². The number of carbonyl (C=O) groups is 1. The van der Waals surface area contributed by atoms with E-state index in [9.17, 15) is 9.18 Å². The Kier molecular flexibility index (Phi) is 5.59. The lowest BCUT2D eigenvalue weighted by atomic mass is 10.1. The smallest absolute Gasteiger partial charge is 0.236 e. The van der Waals surface area contributed by atoms with Crippen LogP contribution < -0.4 is 0 Å². The van der Waals surface area contributed by atoms with Crippen molar-refractivity contribution in [3.63, 3.8) is 0 Å². The molecule has 1 amide bonds. The SMILES string of the molecule is O=C1CN(CCc2cccc(F)c2)CCN1CCc1ccccc1. The van der Waals surface area contributed by atoms with E-state index in [4.69, 9.17) is 0 Å². The number of rotatable bonds is 6. The summed E-state index contributed by atoms with van der Waals surface area (Å²) >= 11 is 0. The van der Waals surface area contributed by atoms with Crippen LogP contribution in [0.1, 0.15) is 11.1 Å². The van der Waals surface area contributed by atoms with Crippen LogP contribution in [0.4, 0.5) is 4.39 Å². The van der Waals surface area contributed by atoms with Gasteiger partial charge < -0.3 is 4.90 Å². The van der Waals surface area contributed by atoms with Crippen LogP contribution in [0.25, 0.3) is 0 Å². The predicted molar refractivity (Wildman–Crippen MR) is 93.3 cm³/mol. The van der Waals surface area contributed by atoms with E-state index < -0.39 is 0 Å². The maximum atomic E-state index is 13.2. The molecule has 0 unspecified atom stereocenters. The lowest BCUT2D eigenvalue weighted by molar-refractivity contribution is -0.135. The van der Waals surface area contributed by atoms with Crippen molar-refractivity contribution in [2.75, 3.05) is 32.7 Å². The number of benzene rings is 2. The molecular formula is C20H23FN2O. The molecule has 2 aromatic rings. The van der Waals surface area contributed by atoms with E-state index in [0.717, 1.165) is 44.6 Å². The lowest BCUT2D eigenvalue weighted by Crippen LogP contribution is -2.51. The number of amides is 1. The van der Waals surface area contributed by atoms with Crippen molar-refractivity contribution in [2.24, 2.45) is 0 Å². The summed E-state index contributed by atoms with van der Waals surface area (Å²) in [5.74, 6) is -0.00858. The molecule has 1 aliphatic rings. The Morgan fingerprint density at radius 3 is 2.38 bits per heavy atom. The Morgan fingerprint density at radius 2 is 1.62 bits per heavy atom. The molecule has 3 rings (SSSR count). The van der Waals surface area contributed by atoms with Gasteiger partial charge in [-0.25, -0.2) is 4.39 Å². The van der Waals surface area contributed by atoms with E-state index >= 15 is 0 Å². The molecule has 0 radical (unpaired) electrons. The summed E-state index contributed by atoms with van der Waals surface area (Å²) in [5.41, 5.74) is 2.24. The third-order valence-electron chi connectivity index (χ3n) is 4.52. The van der Waals surface area contributed by atoms with Gasteiger partial charge in [-0.15, -0.1) is 0 Å². The number of nitrogens with zero attached hydrogens (tertiary/aromatic N) is 2. The van der Waals surface area contributed by atoms with Crippen molar-refractivity contribution in [3.05, 3.63) is 71.5 Å².